The molecule has 0 saturated carbocycles. The first-order chi connectivity index (χ1) is 8.49. The van der Waals surface area contributed by atoms with Crippen molar-refractivity contribution in [3.05, 3.63) is 29.1 Å². The highest BCUT2D eigenvalue weighted by Gasteiger charge is 2.17. The van der Waals surface area contributed by atoms with Gasteiger partial charge in [-0.3, -0.25) is 4.79 Å². The maximum absolute atomic E-state index is 13.9. The maximum Gasteiger partial charge on any atom is 0.254 e. The van der Waals surface area contributed by atoms with Crippen LogP contribution in [0, 0.1) is 12.7 Å². The number of carbonyl (C=O) groups is 1. The summed E-state index contributed by atoms with van der Waals surface area (Å²) in [6.07, 6.45) is 2.71. The Labute approximate surface area is 108 Å². The first kappa shape index (κ1) is 14.5. The molecule has 1 aromatic carbocycles. The van der Waals surface area contributed by atoms with Crippen LogP contribution in [0.15, 0.2) is 12.1 Å². The molecule has 1 atom stereocenters. The quantitative estimate of drug-likeness (QED) is 0.791. The van der Waals surface area contributed by atoms with Crippen LogP contribution >= 0.6 is 0 Å². The summed E-state index contributed by atoms with van der Waals surface area (Å²) in [5, 5.41) is 2.84. The molecule has 0 aromatic heterocycles. The molecule has 0 aliphatic carbocycles. The van der Waals surface area contributed by atoms with E-state index >= 15 is 0 Å². The second-order valence-electron chi connectivity index (χ2n) is 4.57. The molecule has 0 saturated heterocycles. The minimum absolute atomic E-state index is 0.0297. The largest absolute Gasteiger partial charge is 0.399 e. The van der Waals surface area contributed by atoms with Crippen molar-refractivity contribution in [2.45, 2.75) is 46.1 Å². The molecule has 0 aliphatic heterocycles. The fourth-order valence-electron chi connectivity index (χ4n) is 1.95. The van der Waals surface area contributed by atoms with Crippen LogP contribution in [0.1, 0.15) is 49.0 Å². The Morgan fingerprint density at radius 1 is 1.44 bits per heavy atom. The van der Waals surface area contributed by atoms with Gasteiger partial charge in [0.05, 0.1) is 5.56 Å². The van der Waals surface area contributed by atoms with Crippen molar-refractivity contribution >= 4 is 11.6 Å². The van der Waals surface area contributed by atoms with Gasteiger partial charge in [-0.25, -0.2) is 4.39 Å². The Hall–Kier alpha value is -1.58. The number of hydrogen-bond acceptors (Lipinski definition) is 2. The molecule has 0 radical (unpaired) electrons. The standard InChI is InChI=1S/C14H21FN2O/c1-4-6-11(5-2)17-14(18)12-8-10(16)7-9(3)13(12)15/h7-8,11H,4-6,16H2,1-3H3,(H,17,18). The number of halogens is 1. The van der Waals surface area contributed by atoms with Crippen LogP contribution in [0.25, 0.3) is 0 Å². The van der Waals surface area contributed by atoms with Crippen molar-refractivity contribution in [2.75, 3.05) is 5.73 Å². The zero-order valence-corrected chi connectivity index (χ0v) is 11.2. The van der Waals surface area contributed by atoms with Crippen LogP contribution in [0.2, 0.25) is 0 Å². The van der Waals surface area contributed by atoms with E-state index in [2.05, 4.69) is 12.2 Å². The fraction of sp³-hybridized carbons (Fsp3) is 0.500. The summed E-state index contributed by atoms with van der Waals surface area (Å²) in [6.45, 7) is 5.66. The van der Waals surface area contributed by atoms with E-state index in [1.807, 2.05) is 6.92 Å². The zero-order chi connectivity index (χ0) is 13.7. The highest BCUT2D eigenvalue weighted by Crippen LogP contribution is 2.17. The van der Waals surface area contributed by atoms with Crippen LogP contribution in [0.4, 0.5) is 10.1 Å². The van der Waals surface area contributed by atoms with Crippen molar-refractivity contribution in [1.29, 1.82) is 0 Å². The number of rotatable bonds is 5. The molecule has 3 nitrogen and oxygen atoms in total. The summed E-state index contributed by atoms with van der Waals surface area (Å²) < 4.78 is 13.9. The van der Waals surface area contributed by atoms with Crippen molar-refractivity contribution in [2.24, 2.45) is 0 Å². The number of hydrogen-bond donors (Lipinski definition) is 2. The van der Waals surface area contributed by atoms with E-state index in [4.69, 9.17) is 5.73 Å². The van der Waals surface area contributed by atoms with E-state index in [0.717, 1.165) is 19.3 Å². The Kier molecular flexibility index (Phi) is 5.13. The van der Waals surface area contributed by atoms with Gasteiger partial charge in [0, 0.05) is 11.7 Å². The molecule has 0 bridgehead atoms. The summed E-state index contributed by atoms with van der Waals surface area (Å²) in [4.78, 5) is 12.0. The van der Waals surface area contributed by atoms with Crippen molar-refractivity contribution < 1.29 is 9.18 Å². The smallest absolute Gasteiger partial charge is 0.254 e. The number of anilines is 1. The minimum Gasteiger partial charge on any atom is -0.399 e. The second kappa shape index (κ2) is 6.38. The summed E-state index contributed by atoms with van der Waals surface area (Å²) >= 11 is 0. The van der Waals surface area contributed by atoms with Gasteiger partial charge < -0.3 is 11.1 Å². The van der Waals surface area contributed by atoms with Gasteiger partial charge in [0.2, 0.25) is 0 Å². The molecular formula is C14H21FN2O. The number of amides is 1. The van der Waals surface area contributed by atoms with E-state index in [1.54, 1.807) is 6.92 Å². The molecule has 3 N–H and O–H groups in total. The van der Waals surface area contributed by atoms with Crippen LogP contribution < -0.4 is 11.1 Å². The molecule has 1 aromatic rings. The lowest BCUT2D eigenvalue weighted by Crippen LogP contribution is -2.34. The first-order valence-corrected chi connectivity index (χ1v) is 6.36. The lowest BCUT2D eigenvalue weighted by atomic mass is 10.1. The Morgan fingerprint density at radius 2 is 2.11 bits per heavy atom. The van der Waals surface area contributed by atoms with Gasteiger partial charge in [-0.2, -0.15) is 0 Å². The van der Waals surface area contributed by atoms with Gasteiger partial charge in [0.15, 0.2) is 0 Å². The number of benzene rings is 1. The Balaban J connectivity index is 2.90. The second-order valence-corrected chi connectivity index (χ2v) is 4.57. The van der Waals surface area contributed by atoms with Crippen molar-refractivity contribution in [3.8, 4) is 0 Å². The molecule has 0 aliphatic rings. The predicted octanol–water partition coefficient (Wildman–Crippen LogP) is 3.02. The van der Waals surface area contributed by atoms with Crippen LogP contribution in [-0.4, -0.2) is 11.9 Å². The average Bonchev–Trinajstić information content (AvgIpc) is 2.32. The highest BCUT2D eigenvalue weighted by atomic mass is 19.1. The SMILES string of the molecule is CCCC(CC)NC(=O)c1cc(N)cc(C)c1F. The Morgan fingerprint density at radius 3 is 2.67 bits per heavy atom. The van der Waals surface area contributed by atoms with Gasteiger partial charge in [-0.1, -0.05) is 20.3 Å². The van der Waals surface area contributed by atoms with Gasteiger partial charge in [-0.05, 0) is 37.5 Å². The van der Waals surface area contributed by atoms with Crippen LogP contribution in [-0.2, 0) is 0 Å². The van der Waals surface area contributed by atoms with E-state index in [1.165, 1.54) is 12.1 Å². The monoisotopic (exact) mass is 252 g/mol. The zero-order valence-electron chi connectivity index (χ0n) is 11.2. The summed E-state index contributed by atoms with van der Waals surface area (Å²) in [5.74, 6) is -0.878. The predicted molar refractivity (Wildman–Crippen MR) is 72.0 cm³/mol. The van der Waals surface area contributed by atoms with Crippen molar-refractivity contribution in [3.63, 3.8) is 0 Å². The van der Waals surface area contributed by atoms with Gasteiger partial charge in [0.25, 0.3) is 5.91 Å². The van der Waals surface area contributed by atoms with Gasteiger partial charge >= 0.3 is 0 Å². The topological polar surface area (TPSA) is 55.1 Å². The number of carbonyl (C=O) groups excluding carboxylic acids is 1. The van der Waals surface area contributed by atoms with E-state index in [-0.39, 0.29) is 17.5 Å². The van der Waals surface area contributed by atoms with E-state index < -0.39 is 5.82 Å². The number of aryl methyl sites for hydroxylation is 1. The maximum atomic E-state index is 13.9. The summed E-state index contributed by atoms with van der Waals surface area (Å²) in [6, 6.07) is 3.00. The summed E-state index contributed by atoms with van der Waals surface area (Å²) in [7, 11) is 0. The molecule has 100 valence electrons. The molecule has 0 fully saturated rings. The number of nitrogens with one attached hydrogen (secondary N) is 1. The third-order valence-corrected chi connectivity index (χ3v) is 2.99. The molecule has 0 heterocycles. The van der Waals surface area contributed by atoms with E-state index in [0.29, 0.717) is 11.3 Å². The van der Waals surface area contributed by atoms with Crippen molar-refractivity contribution in [1.82, 2.24) is 5.32 Å². The summed E-state index contributed by atoms with van der Waals surface area (Å²) in [5.41, 5.74) is 6.47. The Bertz CT molecular complexity index is 432. The highest BCUT2D eigenvalue weighted by molar-refractivity contribution is 5.95. The molecule has 4 heteroatoms. The number of nitrogens with two attached hydrogens (primary N) is 1. The lowest BCUT2D eigenvalue weighted by Gasteiger charge is -2.17. The van der Waals surface area contributed by atoms with Gasteiger partial charge in [0.1, 0.15) is 5.82 Å². The normalized spacial score (nSPS) is 12.2. The van der Waals surface area contributed by atoms with Crippen LogP contribution in [0.3, 0.4) is 0 Å². The van der Waals surface area contributed by atoms with E-state index in [9.17, 15) is 9.18 Å². The number of nitrogen functional groups attached to an aromatic ring is 1. The van der Waals surface area contributed by atoms with Gasteiger partial charge in [-0.15, -0.1) is 0 Å². The molecule has 18 heavy (non-hydrogen) atoms. The molecule has 1 unspecified atom stereocenters. The molecule has 1 rings (SSSR count). The molecule has 0 spiro atoms. The molecule has 1 amide bonds. The minimum atomic E-state index is -0.493. The lowest BCUT2D eigenvalue weighted by molar-refractivity contribution is 0.0929. The third-order valence-electron chi connectivity index (χ3n) is 2.99. The van der Waals surface area contributed by atoms with Crippen LogP contribution in [0.5, 0.6) is 0 Å². The third kappa shape index (κ3) is 3.45. The molecular weight excluding hydrogens is 231 g/mol. The first-order valence-electron chi connectivity index (χ1n) is 6.36. The average molecular weight is 252 g/mol. The fourth-order valence-corrected chi connectivity index (χ4v) is 1.95.